The van der Waals surface area contributed by atoms with E-state index < -0.39 is 5.54 Å². The van der Waals surface area contributed by atoms with Gasteiger partial charge >= 0.3 is 0 Å². The van der Waals surface area contributed by atoms with Gasteiger partial charge in [0.25, 0.3) is 0 Å². The van der Waals surface area contributed by atoms with Crippen molar-refractivity contribution < 1.29 is 9.53 Å². The highest BCUT2D eigenvalue weighted by Gasteiger charge is 2.40. The van der Waals surface area contributed by atoms with Gasteiger partial charge in [-0.25, -0.2) is 0 Å². The maximum atomic E-state index is 12.8. The van der Waals surface area contributed by atoms with Gasteiger partial charge in [0.1, 0.15) is 6.10 Å². The van der Waals surface area contributed by atoms with Gasteiger partial charge in [0.05, 0.1) is 18.7 Å². The highest BCUT2D eigenvalue weighted by Crippen LogP contribution is 2.30. The molecule has 1 unspecified atom stereocenters. The topological polar surface area (TPSA) is 55.6 Å². The maximum absolute atomic E-state index is 12.8. The quantitative estimate of drug-likeness (QED) is 0.910. The van der Waals surface area contributed by atoms with Crippen LogP contribution in [0, 0.1) is 0 Å². The lowest BCUT2D eigenvalue weighted by Gasteiger charge is -2.40. The molecule has 5 heteroatoms. The standard InChI is InChI=1S/C17H24N2O2.ClH/c18-17(9-5-2-6-10-17)16(20)19-11-12-21-15(13-19)14-7-3-1-4-8-14;/h1,3-4,7-8,15H,2,5-6,9-13,18H2;1H. The van der Waals surface area contributed by atoms with Crippen LogP contribution in [0.3, 0.4) is 0 Å². The Balaban J connectivity index is 0.00000176. The zero-order chi connectivity index (χ0) is 14.7. The summed E-state index contributed by atoms with van der Waals surface area (Å²) in [5.74, 6) is 0.117. The molecule has 122 valence electrons. The first-order valence-corrected chi connectivity index (χ1v) is 7.94. The molecule has 2 aliphatic rings. The monoisotopic (exact) mass is 324 g/mol. The van der Waals surface area contributed by atoms with Crippen molar-refractivity contribution in [1.29, 1.82) is 0 Å². The summed E-state index contributed by atoms with van der Waals surface area (Å²) in [6, 6.07) is 10.1. The second-order valence-corrected chi connectivity index (χ2v) is 6.24. The highest BCUT2D eigenvalue weighted by molar-refractivity contribution is 5.86. The summed E-state index contributed by atoms with van der Waals surface area (Å²) in [7, 11) is 0. The van der Waals surface area contributed by atoms with E-state index in [-0.39, 0.29) is 24.4 Å². The molecule has 2 fully saturated rings. The average molecular weight is 325 g/mol. The van der Waals surface area contributed by atoms with Crippen LogP contribution in [0.25, 0.3) is 0 Å². The van der Waals surface area contributed by atoms with Crippen molar-refractivity contribution in [1.82, 2.24) is 4.90 Å². The van der Waals surface area contributed by atoms with Crippen LogP contribution in [0.5, 0.6) is 0 Å². The summed E-state index contributed by atoms with van der Waals surface area (Å²) < 4.78 is 5.83. The molecule has 22 heavy (non-hydrogen) atoms. The molecule has 0 spiro atoms. The van der Waals surface area contributed by atoms with Crippen molar-refractivity contribution in [3.63, 3.8) is 0 Å². The molecule has 0 aromatic heterocycles. The van der Waals surface area contributed by atoms with Crippen LogP contribution in [0.1, 0.15) is 43.8 Å². The molecule has 1 amide bonds. The average Bonchev–Trinajstić information content (AvgIpc) is 2.56. The third kappa shape index (κ3) is 3.62. The van der Waals surface area contributed by atoms with E-state index in [4.69, 9.17) is 10.5 Å². The Labute approximate surface area is 138 Å². The second-order valence-electron chi connectivity index (χ2n) is 6.24. The predicted octanol–water partition coefficient (Wildman–Crippen LogP) is 2.67. The van der Waals surface area contributed by atoms with Crippen LogP contribution in [-0.4, -0.2) is 36.0 Å². The van der Waals surface area contributed by atoms with Gasteiger partial charge < -0.3 is 15.4 Å². The van der Waals surface area contributed by atoms with Gasteiger partial charge in [0.15, 0.2) is 0 Å². The first-order valence-electron chi connectivity index (χ1n) is 7.94. The number of rotatable bonds is 2. The lowest BCUT2D eigenvalue weighted by atomic mass is 9.81. The lowest BCUT2D eigenvalue weighted by molar-refractivity contribution is -0.146. The van der Waals surface area contributed by atoms with Gasteiger partial charge in [-0.1, -0.05) is 49.6 Å². The molecular weight excluding hydrogens is 300 g/mol. The SMILES string of the molecule is Cl.NC1(C(=O)N2CCOC(c3ccccc3)C2)CCCCC1. The minimum Gasteiger partial charge on any atom is -0.370 e. The van der Waals surface area contributed by atoms with E-state index in [0.717, 1.165) is 31.2 Å². The van der Waals surface area contributed by atoms with Gasteiger partial charge in [-0.05, 0) is 18.4 Å². The second kappa shape index (κ2) is 7.44. The number of hydrogen-bond donors (Lipinski definition) is 1. The largest absolute Gasteiger partial charge is 0.370 e. The van der Waals surface area contributed by atoms with Crippen molar-refractivity contribution in [3.8, 4) is 0 Å². The van der Waals surface area contributed by atoms with E-state index in [2.05, 4.69) is 12.1 Å². The number of benzene rings is 1. The lowest BCUT2D eigenvalue weighted by Crippen LogP contribution is -2.58. The molecular formula is C17H25ClN2O2. The first kappa shape index (κ1) is 17.3. The first-order chi connectivity index (χ1) is 10.2. The molecule has 3 rings (SSSR count). The van der Waals surface area contributed by atoms with Crippen LogP contribution in [0.4, 0.5) is 0 Å². The van der Waals surface area contributed by atoms with E-state index in [9.17, 15) is 4.79 Å². The molecule has 1 aromatic rings. The number of carbonyl (C=O) groups excluding carboxylic acids is 1. The van der Waals surface area contributed by atoms with E-state index in [1.807, 2.05) is 23.1 Å². The highest BCUT2D eigenvalue weighted by atomic mass is 35.5. The van der Waals surface area contributed by atoms with Crippen LogP contribution < -0.4 is 5.73 Å². The summed E-state index contributed by atoms with van der Waals surface area (Å²) in [5.41, 5.74) is 6.87. The minimum atomic E-state index is -0.642. The zero-order valence-corrected chi connectivity index (χ0v) is 13.7. The van der Waals surface area contributed by atoms with Gasteiger partial charge in [0.2, 0.25) is 5.91 Å². The number of carbonyl (C=O) groups is 1. The number of nitrogens with two attached hydrogens (primary N) is 1. The minimum absolute atomic E-state index is 0. The molecule has 4 nitrogen and oxygen atoms in total. The third-order valence-corrected chi connectivity index (χ3v) is 4.70. The molecule has 1 heterocycles. The molecule has 1 aliphatic carbocycles. The summed E-state index contributed by atoms with van der Waals surface area (Å²) in [5, 5.41) is 0. The van der Waals surface area contributed by atoms with Crippen LogP contribution >= 0.6 is 12.4 Å². The third-order valence-electron chi connectivity index (χ3n) is 4.70. The van der Waals surface area contributed by atoms with Gasteiger partial charge in [-0.3, -0.25) is 4.79 Å². The fraction of sp³-hybridized carbons (Fsp3) is 0.588. The molecule has 2 N–H and O–H groups in total. The Morgan fingerprint density at radius 2 is 1.86 bits per heavy atom. The van der Waals surface area contributed by atoms with Crippen LogP contribution in [0.15, 0.2) is 30.3 Å². The normalized spacial score (nSPS) is 24.4. The number of amides is 1. The zero-order valence-electron chi connectivity index (χ0n) is 12.9. The molecule has 1 atom stereocenters. The number of morpholine rings is 1. The number of nitrogens with zero attached hydrogens (tertiary/aromatic N) is 1. The van der Waals surface area contributed by atoms with Crippen LogP contribution in [-0.2, 0) is 9.53 Å². The Bertz CT molecular complexity index is 489. The van der Waals surface area contributed by atoms with Crippen molar-refractivity contribution in [3.05, 3.63) is 35.9 Å². The summed E-state index contributed by atoms with van der Waals surface area (Å²) >= 11 is 0. The van der Waals surface area contributed by atoms with Crippen molar-refractivity contribution in [2.24, 2.45) is 5.73 Å². The molecule has 0 radical (unpaired) electrons. The summed E-state index contributed by atoms with van der Waals surface area (Å²) in [4.78, 5) is 14.7. The predicted molar refractivity (Wildman–Crippen MR) is 89.0 cm³/mol. The summed E-state index contributed by atoms with van der Waals surface area (Å²) in [6.45, 7) is 1.85. The van der Waals surface area contributed by atoms with Gasteiger partial charge in [0, 0.05) is 6.54 Å². The van der Waals surface area contributed by atoms with Gasteiger partial charge in [-0.15, -0.1) is 12.4 Å². The molecule has 1 aliphatic heterocycles. The van der Waals surface area contributed by atoms with E-state index in [1.54, 1.807) is 0 Å². The molecule has 1 aromatic carbocycles. The van der Waals surface area contributed by atoms with E-state index in [1.165, 1.54) is 6.42 Å². The van der Waals surface area contributed by atoms with Crippen molar-refractivity contribution in [2.75, 3.05) is 19.7 Å². The Kier molecular flexibility index (Phi) is 5.84. The summed E-state index contributed by atoms with van der Waals surface area (Å²) in [6.07, 6.45) is 4.93. The van der Waals surface area contributed by atoms with E-state index >= 15 is 0 Å². The molecule has 1 saturated heterocycles. The van der Waals surface area contributed by atoms with Gasteiger partial charge in [-0.2, -0.15) is 0 Å². The Morgan fingerprint density at radius 3 is 2.55 bits per heavy atom. The van der Waals surface area contributed by atoms with E-state index in [0.29, 0.717) is 19.7 Å². The van der Waals surface area contributed by atoms with Crippen molar-refractivity contribution >= 4 is 18.3 Å². The Hall–Kier alpha value is -1.10. The fourth-order valence-electron chi connectivity index (χ4n) is 3.41. The smallest absolute Gasteiger partial charge is 0.242 e. The maximum Gasteiger partial charge on any atom is 0.242 e. The number of hydrogen-bond acceptors (Lipinski definition) is 3. The van der Waals surface area contributed by atoms with Crippen molar-refractivity contribution in [2.45, 2.75) is 43.7 Å². The molecule has 0 bridgehead atoms. The molecule has 1 saturated carbocycles. The number of halogens is 1. The number of ether oxygens (including phenoxy) is 1. The van der Waals surface area contributed by atoms with Crippen LogP contribution in [0.2, 0.25) is 0 Å². The Morgan fingerprint density at radius 1 is 1.18 bits per heavy atom. The fourth-order valence-corrected chi connectivity index (χ4v) is 3.41.